The molecule has 0 saturated heterocycles. The Hall–Kier alpha value is -2.44. The molecule has 0 spiro atoms. The molecule has 84 valence electrons. The van der Waals surface area contributed by atoms with Crippen LogP contribution in [0.3, 0.4) is 0 Å². The normalized spacial score (nSPS) is 10.1. The second-order valence-corrected chi connectivity index (χ2v) is 2.85. The summed E-state index contributed by atoms with van der Waals surface area (Å²) in [6.45, 7) is 0. The number of nitrogens with one attached hydrogen (secondary N) is 3. The molecule has 0 aromatic heterocycles. The lowest BCUT2D eigenvalue weighted by Crippen LogP contribution is -2.29. The lowest BCUT2D eigenvalue weighted by molar-refractivity contribution is -0.384. The van der Waals surface area contributed by atoms with Gasteiger partial charge in [0, 0.05) is 24.7 Å². The molecule has 0 saturated carbocycles. The Labute approximate surface area is 91.8 Å². The number of benzene rings is 1. The number of nitrogens with zero attached hydrogens (tertiary/aromatic N) is 2. The zero-order valence-corrected chi connectivity index (χ0v) is 8.60. The van der Waals surface area contributed by atoms with Gasteiger partial charge in [-0.05, 0) is 0 Å². The van der Waals surface area contributed by atoms with Gasteiger partial charge in [0.1, 0.15) is 0 Å². The number of nitro groups is 1. The van der Waals surface area contributed by atoms with Crippen LogP contribution in [0.1, 0.15) is 5.56 Å². The molecular formula is C9H11N5O2. The quantitative estimate of drug-likeness (QED) is 0.302. The maximum atomic E-state index is 10.5. The molecule has 0 radical (unpaired) electrons. The van der Waals surface area contributed by atoms with Crippen LogP contribution in [0.2, 0.25) is 0 Å². The first-order valence-electron chi connectivity index (χ1n) is 4.43. The number of hydrazone groups is 1. The molecule has 0 bridgehead atoms. The van der Waals surface area contributed by atoms with Crippen molar-refractivity contribution in [1.82, 2.24) is 10.7 Å². The Kier molecular flexibility index (Phi) is 3.96. The van der Waals surface area contributed by atoms with Gasteiger partial charge >= 0.3 is 0 Å². The number of rotatable bonds is 3. The summed E-state index contributed by atoms with van der Waals surface area (Å²) in [5.74, 6) is 0.0432. The summed E-state index contributed by atoms with van der Waals surface area (Å²) in [5, 5.41) is 23.9. The molecule has 7 heteroatoms. The van der Waals surface area contributed by atoms with Crippen LogP contribution in [0.25, 0.3) is 0 Å². The van der Waals surface area contributed by atoms with Gasteiger partial charge in [-0.2, -0.15) is 5.10 Å². The number of hydrogen-bond acceptors (Lipinski definition) is 4. The fraction of sp³-hybridized carbons (Fsp3) is 0.111. The third-order valence-corrected chi connectivity index (χ3v) is 1.72. The number of hydrogen-bond donors (Lipinski definition) is 3. The van der Waals surface area contributed by atoms with Crippen LogP contribution in [0.15, 0.2) is 29.4 Å². The fourth-order valence-corrected chi connectivity index (χ4v) is 0.946. The molecule has 7 nitrogen and oxygen atoms in total. The first-order chi connectivity index (χ1) is 7.63. The van der Waals surface area contributed by atoms with Crippen LogP contribution in [0.4, 0.5) is 5.69 Å². The van der Waals surface area contributed by atoms with Crippen LogP contribution in [0.5, 0.6) is 0 Å². The maximum absolute atomic E-state index is 10.5. The van der Waals surface area contributed by atoms with E-state index in [0.717, 1.165) is 0 Å². The summed E-state index contributed by atoms with van der Waals surface area (Å²) in [6.07, 6.45) is 1.40. The standard InChI is InChI=1S/C9H11N5O2/c1-11-9(10)13-12-6-7-3-2-4-8(5-7)14(15)16/h2-6H,1H3,(H3,10,11,13). The Morgan fingerprint density at radius 2 is 2.38 bits per heavy atom. The van der Waals surface area contributed by atoms with Crippen molar-refractivity contribution in [2.75, 3.05) is 7.05 Å². The monoisotopic (exact) mass is 221 g/mol. The average molecular weight is 221 g/mol. The summed E-state index contributed by atoms with van der Waals surface area (Å²) in [5.41, 5.74) is 3.00. The zero-order chi connectivity index (χ0) is 12.0. The zero-order valence-electron chi connectivity index (χ0n) is 8.60. The van der Waals surface area contributed by atoms with Crippen LogP contribution >= 0.6 is 0 Å². The largest absolute Gasteiger partial charge is 0.358 e. The number of guanidine groups is 1. The van der Waals surface area contributed by atoms with E-state index in [1.165, 1.54) is 18.3 Å². The molecule has 1 aromatic rings. The molecular weight excluding hydrogens is 210 g/mol. The first-order valence-corrected chi connectivity index (χ1v) is 4.43. The van der Waals surface area contributed by atoms with E-state index in [1.54, 1.807) is 19.2 Å². The summed E-state index contributed by atoms with van der Waals surface area (Å²) in [4.78, 5) is 10.0. The van der Waals surface area contributed by atoms with Gasteiger partial charge in [0.05, 0.1) is 11.1 Å². The minimum absolute atomic E-state index is 0.00708. The highest BCUT2D eigenvalue weighted by atomic mass is 16.6. The lowest BCUT2D eigenvalue weighted by Gasteiger charge is -1.99. The van der Waals surface area contributed by atoms with Gasteiger partial charge in [-0.1, -0.05) is 12.1 Å². The molecule has 0 aliphatic heterocycles. The van der Waals surface area contributed by atoms with E-state index in [2.05, 4.69) is 15.8 Å². The lowest BCUT2D eigenvalue weighted by atomic mass is 10.2. The van der Waals surface area contributed by atoms with E-state index in [1.807, 2.05) is 0 Å². The molecule has 0 heterocycles. The summed E-state index contributed by atoms with van der Waals surface area (Å²) >= 11 is 0. The second-order valence-electron chi connectivity index (χ2n) is 2.85. The second kappa shape index (κ2) is 5.44. The molecule has 0 amide bonds. The van der Waals surface area contributed by atoms with Crippen LogP contribution in [-0.4, -0.2) is 24.1 Å². The predicted molar refractivity (Wildman–Crippen MR) is 60.6 cm³/mol. The Bertz CT molecular complexity index is 430. The molecule has 0 atom stereocenters. The summed E-state index contributed by atoms with van der Waals surface area (Å²) < 4.78 is 0. The van der Waals surface area contributed by atoms with E-state index in [9.17, 15) is 10.1 Å². The van der Waals surface area contributed by atoms with Gasteiger partial charge in [-0.15, -0.1) is 0 Å². The average Bonchev–Trinajstić information content (AvgIpc) is 2.29. The van der Waals surface area contributed by atoms with Crippen molar-refractivity contribution in [3.05, 3.63) is 39.9 Å². The highest BCUT2D eigenvalue weighted by molar-refractivity contribution is 5.83. The Balaban J connectivity index is 2.70. The fourth-order valence-electron chi connectivity index (χ4n) is 0.946. The minimum atomic E-state index is -0.472. The molecule has 0 fully saturated rings. The smallest absolute Gasteiger partial charge is 0.270 e. The molecule has 0 aliphatic rings. The highest BCUT2D eigenvalue weighted by Gasteiger charge is 2.03. The molecule has 1 aromatic carbocycles. The van der Waals surface area contributed by atoms with Crippen molar-refractivity contribution in [2.45, 2.75) is 0 Å². The van der Waals surface area contributed by atoms with Gasteiger partial charge in [-0.3, -0.25) is 15.5 Å². The summed E-state index contributed by atoms with van der Waals surface area (Å²) in [6, 6.07) is 6.05. The highest BCUT2D eigenvalue weighted by Crippen LogP contribution is 2.11. The van der Waals surface area contributed by atoms with E-state index < -0.39 is 4.92 Å². The van der Waals surface area contributed by atoms with E-state index in [-0.39, 0.29) is 11.6 Å². The van der Waals surface area contributed by atoms with Gasteiger partial charge in [0.25, 0.3) is 5.69 Å². The minimum Gasteiger partial charge on any atom is -0.358 e. The van der Waals surface area contributed by atoms with Crippen LogP contribution in [0, 0.1) is 15.5 Å². The van der Waals surface area contributed by atoms with Gasteiger partial charge in [0.15, 0.2) is 0 Å². The van der Waals surface area contributed by atoms with Gasteiger partial charge in [0.2, 0.25) is 5.96 Å². The third-order valence-electron chi connectivity index (χ3n) is 1.72. The number of nitro benzene ring substituents is 1. The summed E-state index contributed by atoms with van der Waals surface area (Å²) in [7, 11) is 1.58. The van der Waals surface area contributed by atoms with Crippen molar-refractivity contribution >= 4 is 17.9 Å². The maximum Gasteiger partial charge on any atom is 0.270 e. The predicted octanol–water partition coefficient (Wildman–Crippen LogP) is 0.672. The van der Waals surface area contributed by atoms with Crippen LogP contribution in [-0.2, 0) is 0 Å². The van der Waals surface area contributed by atoms with Crippen molar-refractivity contribution < 1.29 is 4.92 Å². The van der Waals surface area contributed by atoms with Gasteiger partial charge < -0.3 is 5.32 Å². The number of non-ortho nitro benzene ring substituents is 1. The Morgan fingerprint density at radius 3 is 3.00 bits per heavy atom. The molecule has 1 rings (SSSR count). The Morgan fingerprint density at radius 1 is 1.62 bits per heavy atom. The van der Waals surface area contributed by atoms with E-state index >= 15 is 0 Å². The topological polar surface area (TPSA) is 103 Å². The van der Waals surface area contributed by atoms with Crippen molar-refractivity contribution in [1.29, 1.82) is 5.41 Å². The molecule has 0 aliphatic carbocycles. The first kappa shape index (κ1) is 11.6. The van der Waals surface area contributed by atoms with Gasteiger partial charge in [-0.25, -0.2) is 5.43 Å². The van der Waals surface area contributed by atoms with E-state index in [0.29, 0.717) is 5.56 Å². The van der Waals surface area contributed by atoms with Crippen molar-refractivity contribution in [3.63, 3.8) is 0 Å². The van der Waals surface area contributed by atoms with Crippen LogP contribution < -0.4 is 10.7 Å². The molecule has 3 N–H and O–H groups in total. The molecule has 0 unspecified atom stereocenters. The molecule has 16 heavy (non-hydrogen) atoms. The SMILES string of the molecule is CNC(=N)NN=Cc1cccc([N+](=O)[O-])c1. The van der Waals surface area contributed by atoms with Crippen molar-refractivity contribution in [2.24, 2.45) is 5.10 Å². The van der Waals surface area contributed by atoms with Crippen molar-refractivity contribution in [3.8, 4) is 0 Å². The van der Waals surface area contributed by atoms with E-state index in [4.69, 9.17) is 5.41 Å². The third kappa shape index (κ3) is 3.37.